The Balaban J connectivity index is 1.70. The van der Waals surface area contributed by atoms with Gasteiger partial charge in [0.2, 0.25) is 0 Å². The van der Waals surface area contributed by atoms with Crippen molar-refractivity contribution in [2.75, 3.05) is 33.0 Å². The number of fused-ring (bicyclic) bond motifs is 1. The van der Waals surface area contributed by atoms with Crippen molar-refractivity contribution in [3.8, 4) is 0 Å². The van der Waals surface area contributed by atoms with Gasteiger partial charge in [-0.2, -0.15) is 0 Å². The number of halogens is 2. The van der Waals surface area contributed by atoms with Gasteiger partial charge in [-0.05, 0) is 25.8 Å². The van der Waals surface area contributed by atoms with Gasteiger partial charge in [-0.1, -0.05) is 6.07 Å². The number of nitrogens with one attached hydrogen (secondary N) is 1. The fraction of sp³-hybridized carbons (Fsp3) is 0.500. The first-order valence-corrected chi connectivity index (χ1v) is 13.6. The molecule has 38 heavy (non-hydrogen) atoms. The lowest BCUT2D eigenvalue weighted by Crippen LogP contribution is -2.56. The minimum absolute atomic E-state index is 0.0124. The van der Waals surface area contributed by atoms with Crippen molar-refractivity contribution in [1.29, 1.82) is 0 Å². The van der Waals surface area contributed by atoms with Crippen molar-refractivity contribution >= 4 is 19.3 Å². The number of carbonyl (C=O) groups is 2. The number of carbonyl (C=O) groups excluding carboxylic acids is 2. The summed E-state index contributed by atoms with van der Waals surface area (Å²) in [6.45, 7) is 1.51. The normalized spacial score (nSPS) is 23.8. The Morgan fingerprint density at radius 3 is 2.63 bits per heavy atom. The van der Waals surface area contributed by atoms with Gasteiger partial charge in [0.15, 0.2) is 11.5 Å². The molecule has 3 rings (SSSR count). The van der Waals surface area contributed by atoms with Crippen LogP contribution in [0.15, 0.2) is 41.4 Å². The van der Waals surface area contributed by atoms with Gasteiger partial charge >= 0.3 is 7.60 Å². The molecule has 3 unspecified atom stereocenters. The summed E-state index contributed by atoms with van der Waals surface area (Å²) < 4.78 is 48.9. The Bertz CT molecular complexity index is 1190. The van der Waals surface area contributed by atoms with E-state index in [1.54, 1.807) is 6.92 Å². The van der Waals surface area contributed by atoms with E-state index in [0.29, 0.717) is 6.07 Å². The lowest BCUT2D eigenvalue weighted by atomic mass is 9.72. The van der Waals surface area contributed by atoms with Crippen LogP contribution in [0, 0.1) is 17.0 Å². The van der Waals surface area contributed by atoms with Crippen molar-refractivity contribution in [2.45, 2.75) is 38.5 Å². The second-order valence-electron chi connectivity index (χ2n) is 9.37. The zero-order valence-corrected chi connectivity index (χ0v) is 21.8. The molecule has 0 aromatic heterocycles. The molecule has 3 atom stereocenters. The number of hydrogen-bond acceptors (Lipinski definition) is 8. The Labute approximate surface area is 217 Å². The molecule has 0 saturated carbocycles. The van der Waals surface area contributed by atoms with Crippen molar-refractivity contribution < 1.29 is 52.4 Å². The number of methoxy groups -OCH3 is 1. The van der Waals surface area contributed by atoms with Crippen LogP contribution in [-0.4, -0.2) is 81.8 Å². The fourth-order valence-corrected chi connectivity index (χ4v) is 4.95. The van der Waals surface area contributed by atoms with Gasteiger partial charge in [-0.15, -0.1) is 0 Å². The third-order valence-electron chi connectivity index (χ3n) is 6.69. The molecule has 1 fully saturated rings. The third-order valence-corrected chi connectivity index (χ3v) is 7.59. The van der Waals surface area contributed by atoms with E-state index < -0.39 is 54.3 Å². The van der Waals surface area contributed by atoms with Crippen molar-refractivity contribution in [1.82, 2.24) is 10.2 Å². The number of aliphatic hydroxyl groups excluding tert-OH is 2. The van der Waals surface area contributed by atoms with E-state index in [1.165, 1.54) is 24.3 Å². The molecule has 210 valence electrons. The molecular weight excluding hydrogens is 529 g/mol. The maximum absolute atomic E-state index is 13.9. The highest BCUT2D eigenvalue weighted by Crippen LogP contribution is 2.42. The number of Topliss-reactive ketones (excluding diaryl/α,β-unsaturated/α-hetero) is 1. The Kier molecular flexibility index (Phi) is 9.45. The summed E-state index contributed by atoms with van der Waals surface area (Å²) >= 11 is 0. The van der Waals surface area contributed by atoms with Gasteiger partial charge in [0, 0.05) is 44.7 Å². The molecule has 2 aliphatic rings. The topological polar surface area (TPSA) is 166 Å². The number of piperidine rings is 1. The molecule has 0 radical (unpaired) electrons. The zero-order valence-electron chi connectivity index (χ0n) is 20.9. The summed E-state index contributed by atoms with van der Waals surface area (Å²) in [5.41, 5.74) is -1.65. The van der Waals surface area contributed by atoms with E-state index in [4.69, 9.17) is 19.3 Å². The van der Waals surface area contributed by atoms with Gasteiger partial charge in [0.05, 0.1) is 29.8 Å². The smallest absolute Gasteiger partial charge is 0.325 e. The molecule has 0 spiro atoms. The number of ketones is 1. The molecule has 2 aliphatic heterocycles. The molecule has 2 heterocycles. The van der Waals surface area contributed by atoms with Crippen molar-refractivity contribution in [3.05, 3.63) is 58.6 Å². The van der Waals surface area contributed by atoms with Crippen LogP contribution in [0.3, 0.4) is 0 Å². The van der Waals surface area contributed by atoms with Crippen LogP contribution in [0.4, 0.5) is 8.78 Å². The van der Waals surface area contributed by atoms with E-state index in [9.17, 15) is 33.1 Å². The second kappa shape index (κ2) is 12.0. The third kappa shape index (κ3) is 6.66. The summed E-state index contributed by atoms with van der Waals surface area (Å²) in [6.07, 6.45) is -1.33. The molecule has 0 aliphatic carbocycles. The monoisotopic (exact) mass is 560 g/mol. The molecule has 14 heteroatoms. The first kappa shape index (κ1) is 29.9. The highest BCUT2D eigenvalue weighted by Gasteiger charge is 2.51. The number of aliphatic hydroxyl groups is 2. The molecule has 1 saturated heterocycles. The average molecular weight is 560 g/mol. The number of hydrogen-bond donors (Lipinski definition) is 5. The second-order valence-corrected chi connectivity index (χ2v) is 11.1. The predicted molar refractivity (Wildman–Crippen MR) is 130 cm³/mol. The number of allylic oxidation sites excluding steroid dienone is 1. The number of amides is 1. The summed E-state index contributed by atoms with van der Waals surface area (Å²) in [4.78, 5) is 45.4. The van der Waals surface area contributed by atoms with Crippen LogP contribution < -0.4 is 5.32 Å². The Morgan fingerprint density at radius 2 is 2.00 bits per heavy atom. The maximum Gasteiger partial charge on any atom is 0.325 e. The first-order chi connectivity index (χ1) is 17.8. The fourth-order valence-electron chi connectivity index (χ4n) is 4.41. The largest absolute Gasteiger partial charge is 0.507 e. The van der Waals surface area contributed by atoms with Crippen LogP contribution in [-0.2, 0) is 30.2 Å². The van der Waals surface area contributed by atoms with Gasteiger partial charge in [-0.3, -0.25) is 14.2 Å². The molecule has 11 nitrogen and oxygen atoms in total. The SMILES string of the molecule is COC1CN2C=C(C(=O)NCc3ccc(F)cc3F)C(O)C(O)=C2C(=O)C1(C)CCOCCCP(=O)(O)O. The van der Waals surface area contributed by atoms with E-state index in [0.717, 1.165) is 6.07 Å². The van der Waals surface area contributed by atoms with Crippen molar-refractivity contribution in [3.63, 3.8) is 0 Å². The van der Waals surface area contributed by atoms with E-state index in [-0.39, 0.29) is 62.1 Å². The van der Waals surface area contributed by atoms with E-state index in [1.807, 2.05) is 0 Å². The minimum Gasteiger partial charge on any atom is -0.507 e. The standard InChI is InChI=1S/C24H31F2N2O9P/c1-24(6-8-37-7-3-9-38(33,34)35)18(36-2)13-28-12-16(20(29)21(30)19(28)22(24)31)23(32)27-11-14-4-5-15(25)10-17(14)26/h4-5,10,12,18,20,29-30H,3,6-9,11,13H2,1-2H3,(H,27,32)(H2,33,34,35). The lowest BCUT2D eigenvalue weighted by Gasteiger charge is -2.46. The average Bonchev–Trinajstić information content (AvgIpc) is 2.84. The number of benzene rings is 1. The lowest BCUT2D eigenvalue weighted by molar-refractivity contribution is -0.142. The first-order valence-electron chi connectivity index (χ1n) is 11.8. The van der Waals surface area contributed by atoms with Gasteiger partial charge < -0.3 is 39.7 Å². The number of ether oxygens (including phenoxy) is 2. The minimum atomic E-state index is -4.13. The quantitative estimate of drug-likeness (QED) is 0.198. The summed E-state index contributed by atoms with van der Waals surface area (Å²) in [5, 5.41) is 23.8. The van der Waals surface area contributed by atoms with Gasteiger partial charge in [0.25, 0.3) is 5.91 Å². The molecule has 1 aromatic carbocycles. The molecule has 1 aromatic rings. The van der Waals surface area contributed by atoms with E-state index in [2.05, 4.69) is 5.32 Å². The van der Waals surface area contributed by atoms with Crippen LogP contribution in [0.2, 0.25) is 0 Å². The Hall–Kier alpha value is -2.67. The number of rotatable bonds is 11. The summed E-state index contributed by atoms with van der Waals surface area (Å²) in [7, 11) is -2.72. The molecule has 1 amide bonds. The molecular formula is C24H31F2N2O9P. The van der Waals surface area contributed by atoms with Crippen LogP contribution >= 0.6 is 7.60 Å². The summed E-state index contributed by atoms with van der Waals surface area (Å²) in [6, 6.07) is 2.88. The number of nitrogens with zero attached hydrogens (tertiary/aromatic N) is 1. The zero-order chi connectivity index (χ0) is 28.3. The van der Waals surface area contributed by atoms with E-state index >= 15 is 0 Å². The van der Waals surface area contributed by atoms with Gasteiger partial charge in [-0.25, -0.2) is 8.78 Å². The highest BCUT2D eigenvalue weighted by atomic mass is 31.2. The van der Waals surface area contributed by atoms with Crippen LogP contribution in [0.25, 0.3) is 0 Å². The summed E-state index contributed by atoms with van der Waals surface area (Å²) in [5.74, 6) is -3.73. The van der Waals surface area contributed by atoms with Crippen molar-refractivity contribution in [2.24, 2.45) is 5.41 Å². The highest BCUT2D eigenvalue weighted by molar-refractivity contribution is 7.51. The van der Waals surface area contributed by atoms with Gasteiger partial charge in [0.1, 0.15) is 23.4 Å². The Morgan fingerprint density at radius 1 is 1.29 bits per heavy atom. The maximum atomic E-state index is 13.9. The van der Waals surface area contributed by atoms with Crippen LogP contribution in [0.5, 0.6) is 0 Å². The molecule has 5 N–H and O–H groups in total. The van der Waals surface area contributed by atoms with Crippen LogP contribution in [0.1, 0.15) is 25.3 Å². The molecule has 0 bridgehead atoms. The predicted octanol–water partition coefficient (Wildman–Crippen LogP) is 1.49.